The van der Waals surface area contributed by atoms with Crippen molar-refractivity contribution in [2.45, 2.75) is 58.8 Å². The molecule has 0 saturated carbocycles. The second-order valence-corrected chi connectivity index (χ2v) is 10.2. The van der Waals surface area contributed by atoms with Gasteiger partial charge < -0.3 is 20.4 Å². The monoisotopic (exact) mass is 534 g/mol. The predicted octanol–water partition coefficient (Wildman–Crippen LogP) is 4.10. The molecule has 0 aliphatic heterocycles. The van der Waals surface area contributed by atoms with E-state index in [0.717, 1.165) is 70.2 Å². The summed E-state index contributed by atoms with van der Waals surface area (Å²) in [5.41, 5.74) is 7.32. The third-order valence-corrected chi connectivity index (χ3v) is 7.60. The van der Waals surface area contributed by atoms with E-state index < -0.39 is 5.41 Å². The van der Waals surface area contributed by atoms with Gasteiger partial charge >= 0.3 is 51.4 Å². The third-order valence-electron chi connectivity index (χ3n) is 7.60. The molecule has 0 fully saturated rings. The Kier molecular flexibility index (Phi) is 10.1. The van der Waals surface area contributed by atoms with Crippen molar-refractivity contribution in [3.63, 3.8) is 0 Å². The van der Waals surface area contributed by atoms with Gasteiger partial charge in [-0.3, -0.25) is 0 Å². The van der Waals surface area contributed by atoms with Crippen LogP contribution in [0.5, 0.6) is 23.0 Å². The zero-order chi connectivity index (χ0) is 26.7. The third kappa shape index (κ3) is 6.64. The van der Waals surface area contributed by atoms with Crippen LogP contribution in [0.2, 0.25) is 0 Å². The Labute approximate surface area is 268 Å². The number of benzene rings is 4. The fourth-order valence-corrected chi connectivity index (χ4v) is 5.25. The zero-order valence-corrected chi connectivity index (χ0v) is 26.1. The quantitative estimate of drug-likeness (QED) is 0.203. The first-order valence-electron chi connectivity index (χ1n) is 12.7. The van der Waals surface area contributed by atoms with Gasteiger partial charge in [0.15, 0.2) is 0 Å². The smallest absolute Gasteiger partial charge is 0.534 e. The molecule has 0 saturated heterocycles. The molecule has 4 N–H and O–H groups in total. The molecule has 1 atom stereocenters. The van der Waals surface area contributed by atoms with Gasteiger partial charge in [-0.05, 0) is 98.0 Å². The molecule has 5 heteroatoms. The van der Waals surface area contributed by atoms with Crippen molar-refractivity contribution in [2.24, 2.45) is 0 Å². The van der Waals surface area contributed by atoms with E-state index in [9.17, 15) is 20.4 Å². The largest absolute Gasteiger partial charge is 1.00 e. The molecule has 4 nitrogen and oxygen atoms in total. The minimum Gasteiger partial charge on any atom is -0.534 e. The Morgan fingerprint density at radius 1 is 0.605 bits per heavy atom. The molecule has 0 aromatic heterocycles. The molecule has 1 unspecified atom stereocenters. The average Bonchev–Trinajstić information content (AvgIpc) is 2.87. The fourth-order valence-electron chi connectivity index (χ4n) is 5.25. The van der Waals surface area contributed by atoms with E-state index in [2.05, 4.69) is 24.3 Å². The maximum Gasteiger partial charge on any atom is 1.00 e. The van der Waals surface area contributed by atoms with Crippen molar-refractivity contribution >= 4 is 0 Å². The van der Waals surface area contributed by atoms with Crippen molar-refractivity contribution in [1.29, 1.82) is 0 Å². The minimum absolute atomic E-state index is 0. The average molecular weight is 535 g/mol. The summed E-state index contributed by atoms with van der Waals surface area (Å²) in [5, 5.41) is 40.6. The topological polar surface area (TPSA) is 80.9 Å². The van der Waals surface area contributed by atoms with Gasteiger partial charge in [-0.15, -0.1) is 12.1 Å². The molecule has 4 rings (SSSR count). The minimum atomic E-state index is -0.425. The van der Waals surface area contributed by atoms with Crippen LogP contribution < -0.4 is 51.4 Å². The Morgan fingerprint density at radius 3 is 1.68 bits per heavy atom. The maximum absolute atomic E-state index is 10.6. The Bertz CT molecular complexity index is 1390. The maximum atomic E-state index is 10.6. The molecule has 192 valence electrons. The van der Waals surface area contributed by atoms with E-state index in [1.54, 1.807) is 18.2 Å². The van der Waals surface area contributed by atoms with Crippen molar-refractivity contribution in [2.75, 3.05) is 0 Å². The van der Waals surface area contributed by atoms with E-state index >= 15 is 0 Å². The van der Waals surface area contributed by atoms with Crippen LogP contribution in [-0.2, 0) is 18.3 Å². The summed E-state index contributed by atoms with van der Waals surface area (Å²) in [6.07, 6.45) is 3.09. The van der Waals surface area contributed by atoms with Crippen molar-refractivity contribution < 1.29 is 71.8 Å². The SMILES string of the molecule is Cc1cc(CCC(CCc2c[c-]c(O)cc2)(c2ccc(O)c(C)c2)c2cc(C)c(O)c(C)c2)ccc1O.[K+]. The molecule has 0 amide bonds. The summed E-state index contributed by atoms with van der Waals surface area (Å²) in [6, 6.07) is 24.1. The number of hydrogen-bond acceptors (Lipinski definition) is 4. The zero-order valence-electron chi connectivity index (χ0n) is 23.0. The number of phenols is 4. The van der Waals surface area contributed by atoms with E-state index in [1.165, 1.54) is 0 Å². The molecule has 0 aliphatic carbocycles. The van der Waals surface area contributed by atoms with Crippen molar-refractivity contribution in [3.05, 3.63) is 117 Å². The first-order valence-corrected chi connectivity index (χ1v) is 12.7. The Morgan fingerprint density at radius 2 is 1.13 bits per heavy atom. The van der Waals surface area contributed by atoms with Crippen LogP contribution in [0.15, 0.2) is 66.7 Å². The van der Waals surface area contributed by atoms with E-state index in [4.69, 9.17) is 0 Å². The molecule has 4 aromatic carbocycles. The van der Waals surface area contributed by atoms with Gasteiger partial charge in [-0.25, -0.2) is 0 Å². The van der Waals surface area contributed by atoms with Crippen LogP contribution in [-0.4, -0.2) is 20.4 Å². The predicted molar refractivity (Wildman–Crippen MR) is 148 cm³/mol. The fraction of sp³-hybridized carbons (Fsp3) is 0.273. The first kappa shape index (κ1) is 30.3. The van der Waals surface area contributed by atoms with Crippen LogP contribution in [0.3, 0.4) is 0 Å². The van der Waals surface area contributed by atoms with Gasteiger partial charge in [0.05, 0.1) is 0 Å². The summed E-state index contributed by atoms with van der Waals surface area (Å²) in [5.74, 6) is 0.981. The van der Waals surface area contributed by atoms with Crippen molar-refractivity contribution in [1.82, 2.24) is 0 Å². The second-order valence-electron chi connectivity index (χ2n) is 10.2. The standard InChI is InChI=1S/C33H35O4.K/c1-21-17-26(7-11-30(21)35)14-16-33(27-8-12-31(36)22(2)18-27,15-13-25-5-9-29(34)10-6-25)28-19-23(3)32(37)24(4)20-28;/h5-9,11-12,17-20,34-37H,13-16H2,1-4H3;/q-1;+1. The van der Waals surface area contributed by atoms with Gasteiger partial charge in [-0.2, -0.15) is 17.7 Å². The summed E-state index contributed by atoms with van der Waals surface area (Å²) in [6.45, 7) is 7.67. The molecule has 0 radical (unpaired) electrons. The Hall–Kier alpha value is -2.28. The molecule has 0 aliphatic rings. The van der Waals surface area contributed by atoms with E-state index in [1.807, 2.05) is 58.0 Å². The first-order chi connectivity index (χ1) is 17.6. The number of rotatable bonds is 8. The molecule has 4 aromatic rings. The second kappa shape index (κ2) is 12.7. The number of aryl methyl sites for hydroxylation is 6. The van der Waals surface area contributed by atoms with Crippen LogP contribution in [0.25, 0.3) is 0 Å². The van der Waals surface area contributed by atoms with Gasteiger partial charge in [0, 0.05) is 11.2 Å². The van der Waals surface area contributed by atoms with Crippen LogP contribution in [0.1, 0.15) is 57.3 Å². The summed E-state index contributed by atoms with van der Waals surface area (Å²) in [4.78, 5) is 0. The normalized spacial score (nSPS) is 12.5. The molecule has 0 bridgehead atoms. The molecule has 38 heavy (non-hydrogen) atoms. The van der Waals surface area contributed by atoms with Crippen LogP contribution in [0.4, 0.5) is 0 Å². The molecular weight excluding hydrogens is 499 g/mol. The van der Waals surface area contributed by atoms with Gasteiger partial charge in [0.25, 0.3) is 0 Å². The van der Waals surface area contributed by atoms with Crippen LogP contribution in [0, 0.1) is 33.8 Å². The van der Waals surface area contributed by atoms with Gasteiger partial charge in [-0.1, -0.05) is 42.8 Å². The molecular formula is C33H35KO4. The van der Waals surface area contributed by atoms with Crippen LogP contribution >= 0.6 is 0 Å². The number of hydrogen-bond donors (Lipinski definition) is 4. The van der Waals surface area contributed by atoms with E-state index in [-0.39, 0.29) is 68.6 Å². The number of phenolic OH excluding ortho intramolecular Hbond substituents is 4. The number of aromatic hydroxyl groups is 4. The van der Waals surface area contributed by atoms with Gasteiger partial charge in [0.2, 0.25) is 0 Å². The summed E-state index contributed by atoms with van der Waals surface area (Å²) in [7, 11) is 0. The van der Waals surface area contributed by atoms with Gasteiger partial charge in [0.1, 0.15) is 17.2 Å². The van der Waals surface area contributed by atoms with Crippen molar-refractivity contribution in [3.8, 4) is 23.0 Å². The Balaban J connectivity index is 0.00000400. The molecule has 0 heterocycles. The summed E-state index contributed by atoms with van der Waals surface area (Å²) < 4.78 is 0. The molecule has 0 spiro atoms. The van der Waals surface area contributed by atoms with E-state index in [0.29, 0.717) is 5.75 Å². The summed E-state index contributed by atoms with van der Waals surface area (Å²) >= 11 is 0.